The predicted molar refractivity (Wildman–Crippen MR) is 91.4 cm³/mol. The summed E-state index contributed by atoms with van der Waals surface area (Å²) in [6, 6.07) is 5.85. The van der Waals surface area contributed by atoms with Gasteiger partial charge in [-0.2, -0.15) is 0 Å². The Labute approximate surface area is 136 Å². The van der Waals surface area contributed by atoms with Gasteiger partial charge in [-0.25, -0.2) is 0 Å². The van der Waals surface area contributed by atoms with Gasteiger partial charge in [-0.05, 0) is 36.8 Å². The largest absolute Gasteiger partial charge is 0.370 e. The van der Waals surface area contributed by atoms with E-state index in [9.17, 15) is 0 Å². The molecule has 0 bridgehead atoms. The zero-order valence-corrected chi connectivity index (χ0v) is 13.9. The van der Waals surface area contributed by atoms with Crippen molar-refractivity contribution in [1.29, 1.82) is 0 Å². The standard InChI is InChI=1S/C15H22ClN3OS/c1-12-3-4-13(11-14(12)16)18-15(21)17-5-2-6-19-7-9-20-10-8-19/h3-4,11H,2,5-10H2,1H3,(H2,17,18,21)/p+1. The van der Waals surface area contributed by atoms with Gasteiger partial charge < -0.3 is 20.3 Å². The van der Waals surface area contributed by atoms with Crippen LogP contribution in [0.1, 0.15) is 12.0 Å². The minimum Gasteiger partial charge on any atom is -0.370 e. The zero-order valence-electron chi connectivity index (χ0n) is 12.4. The maximum absolute atomic E-state index is 6.09. The van der Waals surface area contributed by atoms with E-state index >= 15 is 0 Å². The molecule has 0 saturated carbocycles. The molecule has 1 aromatic carbocycles. The SMILES string of the molecule is Cc1ccc(NC(=S)NCCC[NH+]2CCOCC2)cc1Cl. The average molecular weight is 329 g/mol. The van der Waals surface area contributed by atoms with Crippen molar-refractivity contribution in [2.45, 2.75) is 13.3 Å². The van der Waals surface area contributed by atoms with Crippen LogP contribution in [0.2, 0.25) is 5.02 Å². The second kappa shape index (κ2) is 8.54. The van der Waals surface area contributed by atoms with Crippen LogP contribution in [0.25, 0.3) is 0 Å². The van der Waals surface area contributed by atoms with Gasteiger partial charge in [0.25, 0.3) is 0 Å². The first-order chi connectivity index (χ1) is 10.1. The van der Waals surface area contributed by atoms with Crippen molar-refractivity contribution in [3.63, 3.8) is 0 Å². The minimum absolute atomic E-state index is 0.645. The highest BCUT2D eigenvalue weighted by atomic mass is 35.5. The van der Waals surface area contributed by atoms with Gasteiger partial charge >= 0.3 is 0 Å². The van der Waals surface area contributed by atoms with Crippen molar-refractivity contribution in [3.05, 3.63) is 28.8 Å². The summed E-state index contributed by atoms with van der Waals surface area (Å²) >= 11 is 11.4. The zero-order chi connectivity index (χ0) is 15.1. The molecular weight excluding hydrogens is 306 g/mol. The molecule has 1 aliphatic rings. The topological polar surface area (TPSA) is 37.7 Å². The van der Waals surface area contributed by atoms with Crippen LogP contribution < -0.4 is 15.5 Å². The summed E-state index contributed by atoms with van der Waals surface area (Å²) in [6.07, 6.45) is 1.10. The molecule has 1 heterocycles. The number of morpholine rings is 1. The smallest absolute Gasteiger partial charge is 0.170 e. The Bertz CT molecular complexity index is 478. The lowest BCUT2D eigenvalue weighted by Crippen LogP contribution is -3.14. The number of benzene rings is 1. The van der Waals surface area contributed by atoms with Crippen molar-refractivity contribution in [2.75, 3.05) is 44.7 Å². The molecule has 1 aliphatic heterocycles. The predicted octanol–water partition coefficient (Wildman–Crippen LogP) is 1.24. The summed E-state index contributed by atoms with van der Waals surface area (Å²) < 4.78 is 5.35. The van der Waals surface area contributed by atoms with Gasteiger partial charge in [0.1, 0.15) is 13.1 Å². The lowest BCUT2D eigenvalue weighted by atomic mass is 10.2. The summed E-state index contributed by atoms with van der Waals surface area (Å²) in [5.41, 5.74) is 1.98. The summed E-state index contributed by atoms with van der Waals surface area (Å²) in [4.78, 5) is 1.62. The first kappa shape index (κ1) is 16.5. The molecule has 1 aromatic rings. The van der Waals surface area contributed by atoms with Crippen molar-refractivity contribution in [1.82, 2.24) is 5.32 Å². The van der Waals surface area contributed by atoms with Crippen LogP contribution in [0.5, 0.6) is 0 Å². The number of nitrogens with one attached hydrogen (secondary N) is 3. The van der Waals surface area contributed by atoms with Crippen LogP contribution in [0.4, 0.5) is 5.69 Å². The second-order valence-electron chi connectivity index (χ2n) is 5.31. The van der Waals surface area contributed by atoms with E-state index in [0.717, 1.165) is 62.1 Å². The lowest BCUT2D eigenvalue weighted by molar-refractivity contribution is -0.908. The fourth-order valence-electron chi connectivity index (χ4n) is 2.30. The molecule has 0 aliphatic carbocycles. The fourth-order valence-corrected chi connectivity index (χ4v) is 2.70. The monoisotopic (exact) mass is 328 g/mol. The Hall–Kier alpha value is -0.880. The first-order valence-electron chi connectivity index (χ1n) is 7.37. The van der Waals surface area contributed by atoms with E-state index in [2.05, 4.69) is 10.6 Å². The number of hydrogen-bond acceptors (Lipinski definition) is 2. The van der Waals surface area contributed by atoms with E-state index in [4.69, 9.17) is 28.6 Å². The van der Waals surface area contributed by atoms with Crippen molar-refractivity contribution in [3.8, 4) is 0 Å². The Morgan fingerprint density at radius 2 is 2.14 bits per heavy atom. The molecule has 4 nitrogen and oxygen atoms in total. The van der Waals surface area contributed by atoms with Crippen LogP contribution in [0, 0.1) is 6.92 Å². The summed E-state index contributed by atoms with van der Waals surface area (Å²) in [7, 11) is 0. The molecule has 0 spiro atoms. The third kappa shape index (κ3) is 5.79. The minimum atomic E-state index is 0.645. The van der Waals surface area contributed by atoms with Crippen LogP contribution in [-0.4, -0.2) is 44.5 Å². The second-order valence-corrected chi connectivity index (χ2v) is 6.13. The van der Waals surface area contributed by atoms with Gasteiger partial charge in [0.2, 0.25) is 0 Å². The normalized spacial score (nSPS) is 15.7. The third-order valence-corrected chi connectivity index (χ3v) is 4.28. The fraction of sp³-hybridized carbons (Fsp3) is 0.533. The van der Waals surface area contributed by atoms with Crippen molar-refractivity contribution >= 4 is 34.6 Å². The van der Waals surface area contributed by atoms with E-state index in [1.54, 1.807) is 4.90 Å². The number of ether oxygens (including phenoxy) is 1. The number of rotatable bonds is 5. The number of anilines is 1. The molecule has 21 heavy (non-hydrogen) atoms. The number of halogens is 1. The summed E-state index contributed by atoms with van der Waals surface area (Å²) in [6.45, 7) is 8.03. The van der Waals surface area contributed by atoms with Crippen molar-refractivity contribution < 1.29 is 9.64 Å². The molecule has 0 atom stereocenters. The molecule has 0 aromatic heterocycles. The Balaban J connectivity index is 1.63. The summed E-state index contributed by atoms with van der Waals surface area (Å²) in [5, 5.41) is 7.79. The van der Waals surface area contributed by atoms with Gasteiger partial charge in [-0.1, -0.05) is 17.7 Å². The molecule has 1 saturated heterocycles. The van der Waals surface area contributed by atoms with Gasteiger partial charge in [0.15, 0.2) is 5.11 Å². The third-order valence-electron chi connectivity index (χ3n) is 3.62. The Kier molecular flexibility index (Phi) is 6.70. The quantitative estimate of drug-likeness (QED) is 0.561. The van der Waals surface area contributed by atoms with Crippen molar-refractivity contribution in [2.24, 2.45) is 0 Å². The van der Waals surface area contributed by atoms with E-state index in [1.165, 1.54) is 0 Å². The van der Waals surface area contributed by atoms with E-state index in [0.29, 0.717) is 5.11 Å². The number of quaternary nitrogens is 1. The van der Waals surface area contributed by atoms with Crippen LogP contribution >= 0.6 is 23.8 Å². The molecule has 1 fully saturated rings. The highest BCUT2D eigenvalue weighted by molar-refractivity contribution is 7.80. The molecular formula is C15H23ClN3OS+. The maximum Gasteiger partial charge on any atom is 0.170 e. The van der Waals surface area contributed by atoms with Gasteiger partial charge in [-0.15, -0.1) is 0 Å². The van der Waals surface area contributed by atoms with E-state index in [-0.39, 0.29) is 0 Å². The Morgan fingerprint density at radius 1 is 1.38 bits per heavy atom. The number of thiocarbonyl (C=S) groups is 1. The average Bonchev–Trinajstić information content (AvgIpc) is 2.49. The van der Waals surface area contributed by atoms with E-state index < -0.39 is 0 Å². The molecule has 116 valence electrons. The van der Waals surface area contributed by atoms with Crippen LogP contribution in [-0.2, 0) is 4.74 Å². The molecule has 0 amide bonds. The highest BCUT2D eigenvalue weighted by Crippen LogP contribution is 2.19. The molecule has 2 rings (SSSR count). The van der Waals surface area contributed by atoms with Gasteiger partial charge in [-0.3, -0.25) is 0 Å². The first-order valence-corrected chi connectivity index (χ1v) is 8.16. The molecule has 3 N–H and O–H groups in total. The molecule has 0 unspecified atom stereocenters. The Morgan fingerprint density at radius 3 is 2.86 bits per heavy atom. The molecule has 0 radical (unpaired) electrons. The molecule has 6 heteroatoms. The van der Waals surface area contributed by atoms with Crippen LogP contribution in [0.15, 0.2) is 18.2 Å². The number of aryl methyl sites for hydroxylation is 1. The lowest BCUT2D eigenvalue weighted by Gasteiger charge is -2.23. The highest BCUT2D eigenvalue weighted by Gasteiger charge is 2.12. The maximum atomic E-state index is 6.09. The summed E-state index contributed by atoms with van der Waals surface area (Å²) in [5.74, 6) is 0. The van der Waals surface area contributed by atoms with Gasteiger partial charge in [0, 0.05) is 23.7 Å². The van der Waals surface area contributed by atoms with Crippen LogP contribution in [0.3, 0.4) is 0 Å². The van der Waals surface area contributed by atoms with E-state index in [1.807, 2.05) is 25.1 Å². The van der Waals surface area contributed by atoms with Gasteiger partial charge in [0.05, 0.1) is 19.8 Å². The number of hydrogen-bond donors (Lipinski definition) is 3.